The van der Waals surface area contributed by atoms with Crippen LogP contribution in [0.15, 0.2) is 18.2 Å². The van der Waals surface area contributed by atoms with Crippen LogP contribution < -0.4 is 4.74 Å². The van der Waals surface area contributed by atoms with E-state index in [0.717, 1.165) is 0 Å². The Labute approximate surface area is 92.9 Å². The number of ether oxygens (including phenoxy) is 1. The molecule has 0 aliphatic heterocycles. The number of aliphatic hydroxyl groups excluding tert-OH is 3. The Kier molecular flexibility index (Phi) is 4.67. The summed E-state index contributed by atoms with van der Waals surface area (Å²) >= 11 is 0. The molecule has 4 nitrogen and oxygen atoms in total. The van der Waals surface area contributed by atoms with Crippen LogP contribution in [-0.4, -0.2) is 34.6 Å². The standard InChI is InChI=1S/C11H15FO4/c1-7(14)8-2-3-11(10(12)4-8)16-6-9(15)5-13/h2-4,7,9,13-15H,5-6H2,1H3. The Hall–Kier alpha value is -1.17. The molecule has 0 heterocycles. The highest BCUT2D eigenvalue weighted by atomic mass is 19.1. The third kappa shape index (κ3) is 3.44. The number of aliphatic hydroxyl groups is 3. The molecule has 1 aromatic rings. The van der Waals surface area contributed by atoms with E-state index in [9.17, 15) is 9.50 Å². The first-order valence-electron chi connectivity index (χ1n) is 4.93. The fourth-order valence-electron chi connectivity index (χ4n) is 1.13. The first kappa shape index (κ1) is 12.9. The molecule has 0 aliphatic carbocycles. The average Bonchev–Trinajstić information content (AvgIpc) is 2.26. The van der Waals surface area contributed by atoms with E-state index in [-0.39, 0.29) is 12.4 Å². The number of hydrogen-bond donors (Lipinski definition) is 3. The minimum Gasteiger partial charge on any atom is -0.488 e. The van der Waals surface area contributed by atoms with Crippen molar-refractivity contribution in [1.82, 2.24) is 0 Å². The van der Waals surface area contributed by atoms with Gasteiger partial charge >= 0.3 is 0 Å². The Morgan fingerprint density at radius 3 is 2.56 bits per heavy atom. The predicted octanol–water partition coefficient (Wildman–Crippen LogP) is 0.611. The van der Waals surface area contributed by atoms with Crippen LogP contribution in [0.3, 0.4) is 0 Å². The summed E-state index contributed by atoms with van der Waals surface area (Å²) in [6.07, 6.45) is -1.78. The molecular formula is C11H15FO4. The molecular weight excluding hydrogens is 215 g/mol. The van der Waals surface area contributed by atoms with Crippen LogP contribution in [0.25, 0.3) is 0 Å². The van der Waals surface area contributed by atoms with Gasteiger partial charge in [-0.1, -0.05) is 6.07 Å². The molecule has 90 valence electrons. The van der Waals surface area contributed by atoms with E-state index < -0.39 is 24.6 Å². The van der Waals surface area contributed by atoms with Crippen molar-refractivity contribution >= 4 is 0 Å². The van der Waals surface area contributed by atoms with E-state index in [1.54, 1.807) is 0 Å². The zero-order chi connectivity index (χ0) is 12.1. The van der Waals surface area contributed by atoms with E-state index >= 15 is 0 Å². The van der Waals surface area contributed by atoms with E-state index in [4.69, 9.17) is 14.9 Å². The summed E-state index contributed by atoms with van der Waals surface area (Å²) < 4.78 is 18.3. The van der Waals surface area contributed by atoms with Gasteiger partial charge in [-0.2, -0.15) is 0 Å². The SMILES string of the molecule is CC(O)c1ccc(OCC(O)CO)c(F)c1. The topological polar surface area (TPSA) is 69.9 Å². The molecule has 3 N–H and O–H groups in total. The van der Waals surface area contributed by atoms with Crippen LogP contribution in [-0.2, 0) is 0 Å². The minimum atomic E-state index is -1.03. The monoisotopic (exact) mass is 230 g/mol. The lowest BCUT2D eigenvalue weighted by molar-refractivity contribution is 0.0523. The number of rotatable bonds is 5. The molecule has 2 atom stereocenters. The quantitative estimate of drug-likeness (QED) is 0.693. The second-order valence-electron chi connectivity index (χ2n) is 3.51. The maximum atomic E-state index is 13.4. The first-order chi connectivity index (χ1) is 7.54. The molecule has 0 radical (unpaired) electrons. The fraction of sp³-hybridized carbons (Fsp3) is 0.455. The van der Waals surface area contributed by atoms with Crippen molar-refractivity contribution in [2.24, 2.45) is 0 Å². The lowest BCUT2D eigenvalue weighted by Crippen LogP contribution is -2.21. The van der Waals surface area contributed by atoms with Gasteiger partial charge in [0.05, 0.1) is 12.7 Å². The van der Waals surface area contributed by atoms with Crippen molar-refractivity contribution in [2.45, 2.75) is 19.1 Å². The van der Waals surface area contributed by atoms with Crippen molar-refractivity contribution in [1.29, 1.82) is 0 Å². The summed E-state index contributed by atoms with van der Waals surface area (Å²) in [4.78, 5) is 0. The van der Waals surface area contributed by atoms with Crippen molar-refractivity contribution in [3.05, 3.63) is 29.6 Å². The fourth-order valence-corrected chi connectivity index (χ4v) is 1.13. The third-order valence-corrected chi connectivity index (χ3v) is 2.08. The van der Waals surface area contributed by atoms with Gasteiger partial charge in [-0.25, -0.2) is 4.39 Å². The van der Waals surface area contributed by atoms with Crippen molar-refractivity contribution in [2.75, 3.05) is 13.2 Å². The maximum Gasteiger partial charge on any atom is 0.165 e. The maximum absolute atomic E-state index is 13.4. The van der Waals surface area contributed by atoms with Gasteiger partial charge in [0.15, 0.2) is 11.6 Å². The molecule has 1 aromatic carbocycles. The normalized spacial score (nSPS) is 14.6. The first-order valence-corrected chi connectivity index (χ1v) is 4.93. The zero-order valence-corrected chi connectivity index (χ0v) is 8.93. The molecule has 16 heavy (non-hydrogen) atoms. The van der Waals surface area contributed by atoms with Crippen LogP contribution in [0.4, 0.5) is 4.39 Å². The highest BCUT2D eigenvalue weighted by molar-refractivity contribution is 5.30. The molecule has 0 spiro atoms. The van der Waals surface area contributed by atoms with Crippen LogP contribution in [0.2, 0.25) is 0 Å². The number of hydrogen-bond acceptors (Lipinski definition) is 4. The second-order valence-corrected chi connectivity index (χ2v) is 3.51. The summed E-state index contributed by atoms with van der Waals surface area (Å²) in [6, 6.07) is 4.08. The van der Waals surface area contributed by atoms with Gasteiger partial charge in [0.25, 0.3) is 0 Å². The Balaban J connectivity index is 2.68. The van der Waals surface area contributed by atoms with Gasteiger partial charge in [0.1, 0.15) is 12.7 Å². The van der Waals surface area contributed by atoms with Crippen molar-refractivity contribution in [3.8, 4) is 5.75 Å². The van der Waals surface area contributed by atoms with Crippen LogP contribution in [0.1, 0.15) is 18.6 Å². The Morgan fingerprint density at radius 2 is 2.06 bits per heavy atom. The van der Waals surface area contributed by atoms with Gasteiger partial charge < -0.3 is 20.1 Å². The molecule has 0 amide bonds. The summed E-state index contributed by atoms with van der Waals surface area (Å²) in [5, 5.41) is 26.8. The van der Waals surface area contributed by atoms with E-state index in [1.165, 1.54) is 25.1 Å². The zero-order valence-electron chi connectivity index (χ0n) is 8.93. The Bertz CT molecular complexity index is 341. The van der Waals surface area contributed by atoms with Gasteiger partial charge in [0.2, 0.25) is 0 Å². The second kappa shape index (κ2) is 5.79. The molecule has 5 heteroatoms. The van der Waals surface area contributed by atoms with E-state index in [0.29, 0.717) is 5.56 Å². The molecule has 0 aliphatic rings. The molecule has 1 rings (SSSR count). The average molecular weight is 230 g/mol. The van der Waals surface area contributed by atoms with Crippen LogP contribution in [0, 0.1) is 5.82 Å². The summed E-state index contributed by atoms with van der Waals surface area (Å²) in [5.41, 5.74) is 0.451. The number of halogens is 1. The summed E-state index contributed by atoms with van der Waals surface area (Å²) in [6.45, 7) is 0.916. The largest absolute Gasteiger partial charge is 0.488 e. The third-order valence-electron chi connectivity index (χ3n) is 2.08. The summed E-state index contributed by atoms with van der Waals surface area (Å²) in [5.74, 6) is -0.625. The highest BCUT2D eigenvalue weighted by Gasteiger charge is 2.09. The van der Waals surface area contributed by atoms with Gasteiger partial charge in [0, 0.05) is 0 Å². The molecule has 0 saturated carbocycles. The van der Waals surface area contributed by atoms with E-state index in [2.05, 4.69) is 0 Å². The lowest BCUT2D eigenvalue weighted by Gasteiger charge is -2.12. The molecule has 2 unspecified atom stereocenters. The molecule has 0 saturated heterocycles. The van der Waals surface area contributed by atoms with Crippen LogP contribution in [0.5, 0.6) is 5.75 Å². The summed E-state index contributed by atoms with van der Waals surface area (Å²) in [7, 11) is 0. The highest BCUT2D eigenvalue weighted by Crippen LogP contribution is 2.21. The van der Waals surface area contributed by atoms with Crippen molar-refractivity contribution in [3.63, 3.8) is 0 Å². The minimum absolute atomic E-state index is 0.0168. The van der Waals surface area contributed by atoms with Crippen LogP contribution >= 0.6 is 0 Å². The van der Waals surface area contributed by atoms with E-state index in [1.807, 2.05) is 0 Å². The molecule has 0 fully saturated rings. The Morgan fingerprint density at radius 1 is 1.38 bits per heavy atom. The smallest absolute Gasteiger partial charge is 0.165 e. The number of benzene rings is 1. The van der Waals surface area contributed by atoms with Gasteiger partial charge in [-0.05, 0) is 24.6 Å². The van der Waals surface area contributed by atoms with Gasteiger partial charge in [-0.3, -0.25) is 0 Å². The molecule has 0 bridgehead atoms. The van der Waals surface area contributed by atoms with Crippen molar-refractivity contribution < 1.29 is 24.4 Å². The molecule has 0 aromatic heterocycles. The van der Waals surface area contributed by atoms with Gasteiger partial charge in [-0.15, -0.1) is 0 Å². The predicted molar refractivity (Wildman–Crippen MR) is 55.6 cm³/mol. The lowest BCUT2D eigenvalue weighted by atomic mass is 10.1.